The number of Topliss-reactive ketones (excluding diaryl/α,β-unsaturated/α-hetero) is 1. The molecule has 0 amide bonds. The first-order chi connectivity index (χ1) is 15.7. The Labute approximate surface area is 204 Å². The van der Waals surface area contributed by atoms with Crippen LogP contribution < -0.4 is 5.73 Å². The second-order valence-corrected chi connectivity index (χ2v) is 10.3. The van der Waals surface area contributed by atoms with Crippen LogP contribution in [0, 0.1) is 5.41 Å². The van der Waals surface area contributed by atoms with Gasteiger partial charge >= 0.3 is 0 Å². The number of hydrogen-bond acceptors (Lipinski definition) is 3. The van der Waals surface area contributed by atoms with Crippen LogP contribution in [0.2, 0.25) is 0 Å². The first kappa shape index (κ1) is 29.4. The van der Waals surface area contributed by atoms with E-state index in [4.69, 9.17) is 5.73 Å². The number of hydrogen-bond donors (Lipinski definition) is 1. The van der Waals surface area contributed by atoms with Crippen LogP contribution in [-0.4, -0.2) is 53.3 Å². The molecule has 0 aromatic carbocycles. The second kappa shape index (κ2) is 14.6. The van der Waals surface area contributed by atoms with Gasteiger partial charge in [-0.25, -0.2) is 4.99 Å². The van der Waals surface area contributed by atoms with Gasteiger partial charge in [-0.3, -0.25) is 9.69 Å². The van der Waals surface area contributed by atoms with Crippen molar-refractivity contribution in [3.63, 3.8) is 0 Å². The van der Waals surface area contributed by atoms with Crippen LogP contribution in [0.25, 0.3) is 0 Å². The molecule has 1 atom stereocenters. The molecule has 5 nitrogen and oxygen atoms in total. The van der Waals surface area contributed by atoms with Crippen molar-refractivity contribution >= 4 is 11.7 Å². The Balaban J connectivity index is 2.88. The van der Waals surface area contributed by atoms with Crippen molar-refractivity contribution in [2.75, 3.05) is 26.2 Å². The topological polar surface area (TPSA) is 61.9 Å². The largest absolute Gasteiger partial charge is 0.370 e. The summed E-state index contributed by atoms with van der Waals surface area (Å²) in [7, 11) is 0. The van der Waals surface area contributed by atoms with Gasteiger partial charge in [0.2, 0.25) is 0 Å². The van der Waals surface area contributed by atoms with E-state index in [1.807, 2.05) is 0 Å². The summed E-state index contributed by atoms with van der Waals surface area (Å²) in [4.78, 5) is 22.7. The molecule has 1 fully saturated rings. The smallest absolute Gasteiger partial charge is 0.196 e. The van der Waals surface area contributed by atoms with Gasteiger partial charge in [-0.05, 0) is 32.6 Å². The lowest BCUT2D eigenvalue weighted by Gasteiger charge is -2.46. The maximum Gasteiger partial charge on any atom is 0.196 e. The molecule has 1 unspecified atom stereocenters. The maximum atomic E-state index is 13.4. The van der Waals surface area contributed by atoms with Gasteiger partial charge in [-0.2, -0.15) is 0 Å². The number of allylic oxidation sites excluding steroid dienone is 2. The standard InChI is InChI=1S/C28H52N4O/c1-8-13-16-27(6,17-14-9-2)25(33)24(11-4)23-30-26(29)31-19-21-32(22-20-31)28(7,12-5)18-15-10-3/h11,23H,4,8-10,12-22H2,1-3,5-7H3,(H2,29,30)/b24-23+. The lowest BCUT2D eigenvalue weighted by molar-refractivity contribution is -0.124. The van der Waals surface area contributed by atoms with Crippen LogP contribution in [0.1, 0.15) is 106 Å². The van der Waals surface area contributed by atoms with E-state index < -0.39 is 0 Å². The molecule has 0 aromatic heterocycles. The Kier molecular flexibility index (Phi) is 13.0. The predicted molar refractivity (Wildman–Crippen MR) is 143 cm³/mol. The van der Waals surface area contributed by atoms with E-state index in [-0.39, 0.29) is 16.7 Å². The van der Waals surface area contributed by atoms with Gasteiger partial charge in [0.1, 0.15) is 0 Å². The highest BCUT2D eigenvalue weighted by molar-refractivity contribution is 6.02. The average Bonchev–Trinajstić information content (AvgIpc) is 2.84. The number of nitrogens with two attached hydrogens (primary N) is 1. The van der Waals surface area contributed by atoms with E-state index in [0.29, 0.717) is 11.5 Å². The van der Waals surface area contributed by atoms with Gasteiger partial charge < -0.3 is 10.6 Å². The number of aliphatic imine (C=N–C) groups is 1. The minimum absolute atomic E-state index is 0.149. The highest BCUT2D eigenvalue weighted by Crippen LogP contribution is 2.34. The molecule has 1 heterocycles. The van der Waals surface area contributed by atoms with Crippen LogP contribution in [0.15, 0.2) is 29.4 Å². The Hall–Kier alpha value is -1.62. The van der Waals surface area contributed by atoms with Crippen molar-refractivity contribution in [1.82, 2.24) is 9.80 Å². The number of rotatable bonds is 15. The summed E-state index contributed by atoms with van der Waals surface area (Å²) in [6.45, 7) is 21.0. The van der Waals surface area contributed by atoms with E-state index in [9.17, 15) is 4.79 Å². The lowest BCUT2D eigenvalue weighted by Crippen LogP contribution is -2.57. The Morgan fingerprint density at radius 3 is 1.91 bits per heavy atom. The van der Waals surface area contributed by atoms with E-state index in [1.54, 1.807) is 12.3 Å². The first-order valence-electron chi connectivity index (χ1n) is 13.4. The molecule has 5 heteroatoms. The third-order valence-electron chi connectivity index (χ3n) is 7.73. The summed E-state index contributed by atoms with van der Waals surface area (Å²) in [6.07, 6.45) is 14.3. The summed E-state index contributed by atoms with van der Waals surface area (Å²) >= 11 is 0. The molecule has 1 aliphatic rings. The van der Waals surface area contributed by atoms with Gasteiger partial charge in [0.15, 0.2) is 11.7 Å². The van der Waals surface area contributed by atoms with Gasteiger partial charge in [0.05, 0.1) is 0 Å². The number of guanidine groups is 1. The zero-order valence-electron chi connectivity index (χ0n) is 22.6. The zero-order chi connectivity index (χ0) is 24.9. The minimum Gasteiger partial charge on any atom is -0.370 e. The molecule has 33 heavy (non-hydrogen) atoms. The summed E-state index contributed by atoms with van der Waals surface area (Å²) in [5.74, 6) is 0.646. The monoisotopic (exact) mass is 460 g/mol. The summed E-state index contributed by atoms with van der Waals surface area (Å²) in [6, 6.07) is 0. The molecule has 0 aliphatic carbocycles. The van der Waals surface area contributed by atoms with Crippen molar-refractivity contribution in [3.05, 3.63) is 24.4 Å². The van der Waals surface area contributed by atoms with Crippen molar-refractivity contribution < 1.29 is 4.79 Å². The highest BCUT2D eigenvalue weighted by atomic mass is 16.1. The normalized spacial score (nSPS) is 18.3. The van der Waals surface area contributed by atoms with Crippen LogP contribution in [0.5, 0.6) is 0 Å². The maximum absolute atomic E-state index is 13.4. The predicted octanol–water partition coefficient (Wildman–Crippen LogP) is 6.30. The zero-order valence-corrected chi connectivity index (χ0v) is 22.6. The molecule has 0 saturated carbocycles. The number of carbonyl (C=O) groups is 1. The van der Waals surface area contributed by atoms with Crippen molar-refractivity contribution in [2.24, 2.45) is 16.1 Å². The molecule has 0 aromatic rings. The molecule has 0 spiro atoms. The van der Waals surface area contributed by atoms with E-state index in [2.05, 4.69) is 62.9 Å². The number of carbonyl (C=O) groups excluding carboxylic acids is 1. The summed E-state index contributed by atoms with van der Waals surface area (Å²) in [5.41, 5.74) is 6.83. The third-order valence-corrected chi connectivity index (χ3v) is 7.73. The Morgan fingerprint density at radius 1 is 0.939 bits per heavy atom. The lowest BCUT2D eigenvalue weighted by atomic mass is 9.74. The van der Waals surface area contributed by atoms with Gasteiger partial charge in [-0.15, -0.1) is 0 Å². The number of unbranched alkanes of at least 4 members (excludes halogenated alkanes) is 3. The van der Waals surface area contributed by atoms with E-state index >= 15 is 0 Å². The molecular formula is C28H52N4O. The molecule has 1 aliphatic heterocycles. The fraction of sp³-hybridized carbons (Fsp3) is 0.786. The quantitative estimate of drug-likeness (QED) is 0.135. The Morgan fingerprint density at radius 2 is 1.45 bits per heavy atom. The fourth-order valence-electron chi connectivity index (χ4n) is 4.85. The van der Waals surface area contributed by atoms with Crippen molar-refractivity contribution in [2.45, 2.75) is 111 Å². The number of ketones is 1. The van der Waals surface area contributed by atoms with Gasteiger partial charge in [-0.1, -0.05) is 85.8 Å². The fourth-order valence-corrected chi connectivity index (χ4v) is 4.85. The molecule has 190 valence electrons. The van der Waals surface area contributed by atoms with Crippen LogP contribution in [0.4, 0.5) is 0 Å². The second-order valence-electron chi connectivity index (χ2n) is 10.3. The number of nitrogens with zero attached hydrogens (tertiary/aromatic N) is 3. The summed E-state index contributed by atoms with van der Waals surface area (Å²) < 4.78 is 0. The first-order valence-corrected chi connectivity index (χ1v) is 13.4. The van der Waals surface area contributed by atoms with Crippen LogP contribution in [-0.2, 0) is 4.79 Å². The van der Waals surface area contributed by atoms with E-state index in [0.717, 1.165) is 64.7 Å². The van der Waals surface area contributed by atoms with Crippen molar-refractivity contribution in [1.29, 1.82) is 0 Å². The Bertz CT molecular complexity index is 653. The van der Waals surface area contributed by atoms with Gasteiger partial charge in [0, 0.05) is 48.9 Å². The molecule has 1 saturated heterocycles. The number of piperazine rings is 1. The van der Waals surface area contributed by atoms with Crippen LogP contribution in [0.3, 0.4) is 0 Å². The third kappa shape index (κ3) is 8.59. The van der Waals surface area contributed by atoms with Crippen LogP contribution >= 0.6 is 0 Å². The van der Waals surface area contributed by atoms with Crippen molar-refractivity contribution in [3.8, 4) is 0 Å². The van der Waals surface area contributed by atoms with E-state index in [1.165, 1.54) is 25.7 Å². The highest BCUT2D eigenvalue weighted by Gasteiger charge is 2.34. The molecule has 1 rings (SSSR count). The van der Waals surface area contributed by atoms with Gasteiger partial charge in [0.25, 0.3) is 0 Å². The summed E-state index contributed by atoms with van der Waals surface area (Å²) in [5, 5.41) is 0. The SMILES string of the molecule is C=C/C(=C\N=C(/N)N1CCN(C(C)(CC)CCCC)CC1)C(=O)C(C)(CCCC)CCCC. The average molecular weight is 461 g/mol. The molecule has 0 radical (unpaired) electrons. The molecule has 0 bridgehead atoms. The minimum atomic E-state index is -0.356. The molecular weight excluding hydrogens is 408 g/mol. The molecule has 2 N–H and O–H groups in total.